The van der Waals surface area contributed by atoms with Crippen molar-refractivity contribution < 1.29 is 0 Å². The molecule has 1 aromatic rings. The van der Waals surface area contributed by atoms with Gasteiger partial charge in [-0.05, 0) is 6.07 Å². The first-order valence-corrected chi connectivity index (χ1v) is 4.08. The fourth-order valence-electron chi connectivity index (χ4n) is 0.850. The van der Waals surface area contributed by atoms with Gasteiger partial charge in [-0.25, -0.2) is 0 Å². The van der Waals surface area contributed by atoms with E-state index in [9.17, 15) is 0 Å². The zero-order chi connectivity index (χ0) is 9.14. The molecule has 1 atom stereocenters. The average Bonchev–Trinajstić information content (AvgIpc) is 2.08. The van der Waals surface area contributed by atoms with Gasteiger partial charge in [0, 0.05) is 5.56 Å². The first kappa shape index (κ1) is 9.41. The Hall–Kier alpha value is -0.680. The third-order valence-electron chi connectivity index (χ3n) is 1.50. The monoisotopic (exact) mass is 199 g/mol. The molecule has 0 aromatic heterocycles. The maximum Gasteiger partial charge on any atom is 0.0933 e. The van der Waals surface area contributed by atoms with Gasteiger partial charge in [0.1, 0.15) is 0 Å². The van der Waals surface area contributed by atoms with Gasteiger partial charge >= 0.3 is 0 Å². The second-order valence-corrected chi connectivity index (χ2v) is 3.07. The zero-order valence-electron chi connectivity index (χ0n) is 6.22. The van der Waals surface area contributed by atoms with E-state index in [1.807, 2.05) is 0 Å². The third-order valence-corrected chi connectivity index (χ3v) is 2.33. The molecule has 0 saturated carbocycles. The first-order chi connectivity index (χ1) is 5.66. The standard InChI is InChI=1S/C9H7Cl2N/c1-2-8(12)6-4-3-5-7(10)9(6)11/h1,3-5,8H,12H2. The summed E-state index contributed by atoms with van der Waals surface area (Å²) >= 11 is 11.6. The van der Waals surface area contributed by atoms with Crippen LogP contribution in [0, 0.1) is 12.3 Å². The van der Waals surface area contributed by atoms with E-state index < -0.39 is 6.04 Å². The van der Waals surface area contributed by atoms with E-state index in [1.54, 1.807) is 18.2 Å². The van der Waals surface area contributed by atoms with Crippen molar-refractivity contribution in [2.24, 2.45) is 5.73 Å². The van der Waals surface area contributed by atoms with Gasteiger partial charge in [0.2, 0.25) is 0 Å². The molecule has 0 bridgehead atoms. The Morgan fingerprint density at radius 2 is 2.08 bits per heavy atom. The van der Waals surface area contributed by atoms with E-state index in [-0.39, 0.29) is 0 Å². The average molecular weight is 200 g/mol. The molecule has 1 aromatic carbocycles. The second-order valence-electron chi connectivity index (χ2n) is 2.29. The molecule has 0 fully saturated rings. The summed E-state index contributed by atoms with van der Waals surface area (Å²) in [6.07, 6.45) is 5.15. The Balaban J connectivity index is 3.18. The molecule has 2 N–H and O–H groups in total. The number of hydrogen-bond donors (Lipinski definition) is 1. The van der Waals surface area contributed by atoms with Gasteiger partial charge in [0.25, 0.3) is 0 Å². The van der Waals surface area contributed by atoms with Gasteiger partial charge in [-0.15, -0.1) is 6.42 Å². The maximum absolute atomic E-state index is 5.86. The number of hydrogen-bond acceptors (Lipinski definition) is 1. The Bertz CT molecular complexity index is 328. The van der Waals surface area contributed by atoms with Crippen LogP contribution in [0.2, 0.25) is 10.0 Å². The summed E-state index contributed by atoms with van der Waals surface area (Å²) in [7, 11) is 0. The molecule has 0 spiro atoms. The summed E-state index contributed by atoms with van der Waals surface area (Å²) in [6.45, 7) is 0. The molecule has 62 valence electrons. The van der Waals surface area contributed by atoms with Crippen molar-refractivity contribution in [3.63, 3.8) is 0 Å². The molecule has 0 radical (unpaired) electrons. The summed E-state index contributed by atoms with van der Waals surface area (Å²) in [5, 5.41) is 0.907. The molecule has 0 saturated heterocycles. The highest BCUT2D eigenvalue weighted by Crippen LogP contribution is 2.28. The van der Waals surface area contributed by atoms with Crippen LogP contribution in [0.1, 0.15) is 11.6 Å². The van der Waals surface area contributed by atoms with Gasteiger partial charge < -0.3 is 5.73 Å². The topological polar surface area (TPSA) is 26.0 Å². The van der Waals surface area contributed by atoms with Crippen LogP contribution in [0.15, 0.2) is 18.2 Å². The van der Waals surface area contributed by atoms with Gasteiger partial charge in [0.15, 0.2) is 0 Å². The Morgan fingerprint density at radius 3 is 2.67 bits per heavy atom. The van der Waals surface area contributed by atoms with Gasteiger partial charge in [-0.2, -0.15) is 0 Å². The molecule has 0 aliphatic carbocycles. The first-order valence-electron chi connectivity index (χ1n) is 3.32. The van der Waals surface area contributed by atoms with Crippen LogP contribution in [0.3, 0.4) is 0 Å². The molecule has 0 aliphatic heterocycles. The maximum atomic E-state index is 5.86. The molecule has 0 aliphatic rings. The highest BCUT2D eigenvalue weighted by Gasteiger charge is 2.08. The normalized spacial score (nSPS) is 12.2. The number of benzene rings is 1. The number of terminal acetylenes is 1. The van der Waals surface area contributed by atoms with Crippen LogP contribution in [0.5, 0.6) is 0 Å². The zero-order valence-corrected chi connectivity index (χ0v) is 7.73. The van der Waals surface area contributed by atoms with E-state index in [0.717, 1.165) is 0 Å². The van der Waals surface area contributed by atoms with E-state index in [4.69, 9.17) is 35.4 Å². The smallest absolute Gasteiger partial charge is 0.0933 e. The van der Waals surface area contributed by atoms with Crippen LogP contribution in [0.25, 0.3) is 0 Å². The minimum Gasteiger partial charge on any atom is -0.314 e. The molecular formula is C9H7Cl2N. The van der Waals surface area contributed by atoms with Crippen molar-refractivity contribution in [1.29, 1.82) is 0 Å². The molecule has 12 heavy (non-hydrogen) atoms. The predicted molar refractivity (Wildman–Crippen MR) is 52.2 cm³/mol. The van der Waals surface area contributed by atoms with E-state index in [1.165, 1.54) is 0 Å². The lowest BCUT2D eigenvalue weighted by atomic mass is 10.1. The molecule has 1 rings (SSSR count). The minimum atomic E-state index is -0.490. The number of halogens is 2. The summed E-state index contributed by atoms with van der Waals surface area (Å²) < 4.78 is 0. The summed E-state index contributed by atoms with van der Waals surface area (Å²) in [6, 6.07) is 4.73. The van der Waals surface area contributed by atoms with E-state index in [2.05, 4.69) is 5.92 Å². The van der Waals surface area contributed by atoms with Gasteiger partial charge in [0.05, 0.1) is 16.1 Å². The third kappa shape index (κ3) is 1.73. The Morgan fingerprint density at radius 1 is 1.42 bits per heavy atom. The summed E-state index contributed by atoms with van der Waals surface area (Å²) in [4.78, 5) is 0. The lowest BCUT2D eigenvalue weighted by molar-refractivity contribution is 0.947. The lowest BCUT2D eigenvalue weighted by Crippen LogP contribution is -2.07. The van der Waals surface area contributed by atoms with Crippen LogP contribution < -0.4 is 5.73 Å². The van der Waals surface area contributed by atoms with E-state index >= 15 is 0 Å². The second kappa shape index (κ2) is 3.82. The number of nitrogens with two attached hydrogens (primary N) is 1. The lowest BCUT2D eigenvalue weighted by Gasteiger charge is -2.07. The Kier molecular flexibility index (Phi) is 2.99. The minimum absolute atomic E-state index is 0.435. The largest absolute Gasteiger partial charge is 0.314 e. The van der Waals surface area contributed by atoms with Gasteiger partial charge in [-0.1, -0.05) is 41.3 Å². The van der Waals surface area contributed by atoms with Crippen LogP contribution in [-0.4, -0.2) is 0 Å². The fourth-order valence-corrected chi connectivity index (χ4v) is 1.28. The highest BCUT2D eigenvalue weighted by atomic mass is 35.5. The van der Waals surface area contributed by atoms with Crippen molar-refractivity contribution in [1.82, 2.24) is 0 Å². The van der Waals surface area contributed by atoms with Crippen molar-refractivity contribution in [3.05, 3.63) is 33.8 Å². The van der Waals surface area contributed by atoms with Crippen molar-refractivity contribution >= 4 is 23.2 Å². The van der Waals surface area contributed by atoms with E-state index in [0.29, 0.717) is 15.6 Å². The van der Waals surface area contributed by atoms with Crippen molar-refractivity contribution in [2.45, 2.75) is 6.04 Å². The molecule has 0 heterocycles. The molecule has 1 unspecified atom stereocenters. The molecule has 3 heteroatoms. The van der Waals surface area contributed by atoms with Crippen molar-refractivity contribution in [2.75, 3.05) is 0 Å². The quantitative estimate of drug-likeness (QED) is 0.692. The molecule has 0 amide bonds. The fraction of sp³-hybridized carbons (Fsp3) is 0.111. The van der Waals surface area contributed by atoms with Crippen LogP contribution >= 0.6 is 23.2 Å². The van der Waals surface area contributed by atoms with Crippen LogP contribution in [-0.2, 0) is 0 Å². The molecule has 1 nitrogen and oxygen atoms in total. The molecular weight excluding hydrogens is 193 g/mol. The van der Waals surface area contributed by atoms with Crippen LogP contribution in [0.4, 0.5) is 0 Å². The highest BCUT2D eigenvalue weighted by molar-refractivity contribution is 6.42. The summed E-state index contributed by atoms with van der Waals surface area (Å²) in [5.74, 6) is 2.38. The predicted octanol–water partition coefficient (Wildman–Crippen LogP) is 2.63. The van der Waals surface area contributed by atoms with Gasteiger partial charge in [-0.3, -0.25) is 0 Å². The van der Waals surface area contributed by atoms with Crippen molar-refractivity contribution in [3.8, 4) is 12.3 Å². The summed E-state index contributed by atoms with van der Waals surface area (Å²) in [5.41, 5.74) is 6.27. The Labute approximate surface area is 81.5 Å². The SMILES string of the molecule is C#CC(N)c1cccc(Cl)c1Cl. The number of rotatable bonds is 1.